The average molecular weight is 424 g/mol. The number of rotatable bonds is 10. The number of carbonyl (C=O) groups excluding carboxylic acids is 1. The molecule has 2 atom stereocenters. The molecular formula is C21H37N5O4. The third-order valence-corrected chi connectivity index (χ3v) is 6.52. The van der Waals surface area contributed by atoms with Crippen LogP contribution in [0.5, 0.6) is 0 Å². The van der Waals surface area contributed by atoms with Crippen LogP contribution in [0.3, 0.4) is 0 Å². The van der Waals surface area contributed by atoms with E-state index >= 15 is 0 Å². The molecule has 30 heavy (non-hydrogen) atoms. The van der Waals surface area contributed by atoms with Crippen molar-refractivity contribution in [1.82, 2.24) is 15.1 Å². The van der Waals surface area contributed by atoms with Crippen LogP contribution in [0.1, 0.15) is 57.8 Å². The Labute approximate surface area is 178 Å². The van der Waals surface area contributed by atoms with E-state index in [-0.39, 0.29) is 30.4 Å². The average Bonchev–Trinajstić information content (AvgIpc) is 3.55. The molecular weight excluding hydrogens is 386 g/mol. The topological polar surface area (TPSA) is 132 Å². The molecule has 0 spiro atoms. The molecule has 0 radical (unpaired) electrons. The molecule has 170 valence electrons. The van der Waals surface area contributed by atoms with Crippen LogP contribution >= 0.6 is 0 Å². The molecule has 9 nitrogen and oxygen atoms in total. The summed E-state index contributed by atoms with van der Waals surface area (Å²) in [6, 6.07) is -0.525. The van der Waals surface area contributed by atoms with Crippen molar-refractivity contribution < 1.29 is 19.4 Å². The third-order valence-electron chi connectivity index (χ3n) is 6.52. The van der Waals surface area contributed by atoms with Gasteiger partial charge in [-0.3, -0.25) is 15.0 Å². The van der Waals surface area contributed by atoms with Gasteiger partial charge >= 0.3 is 5.97 Å². The molecule has 3 rings (SSSR count). The molecule has 0 aromatic heterocycles. The number of guanidine groups is 1. The first-order valence-corrected chi connectivity index (χ1v) is 11.4. The van der Waals surface area contributed by atoms with Crippen molar-refractivity contribution >= 4 is 17.8 Å². The van der Waals surface area contributed by atoms with Crippen LogP contribution in [0.2, 0.25) is 0 Å². The van der Waals surface area contributed by atoms with Gasteiger partial charge in [-0.05, 0) is 63.8 Å². The first-order valence-electron chi connectivity index (χ1n) is 11.4. The summed E-state index contributed by atoms with van der Waals surface area (Å²) in [6.45, 7) is 3.51. The number of nitrogens with zero attached hydrogens (tertiary/aromatic N) is 2. The van der Waals surface area contributed by atoms with Gasteiger partial charge in [0.2, 0.25) is 5.91 Å². The number of hydrogen-bond acceptors (Lipinski definition) is 5. The minimum atomic E-state index is -0.939. The molecule has 3 aliphatic rings. The molecule has 2 saturated heterocycles. The highest BCUT2D eigenvalue weighted by atomic mass is 16.5. The molecule has 1 amide bonds. The van der Waals surface area contributed by atoms with Gasteiger partial charge in [0, 0.05) is 32.3 Å². The number of nitrogens with one attached hydrogen (secondary N) is 2. The zero-order valence-corrected chi connectivity index (χ0v) is 17.9. The summed E-state index contributed by atoms with van der Waals surface area (Å²) in [7, 11) is 0. The second kappa shape index (κ2) is 10.9. The van der Waals surface area contributed by atoms with E-state index in [1.807, 2.05) is 9.80 Å². The minimum Gasteiger partial charge on any atom is -0.481 e. The van der Waals surface area contributed by atoms with Crippen molar-refractivity contribution in [2.24, 2.45) is 11.7 Å². The summed E-state index contributed by atoms with van der Waals surface area (Å²) in [4.78, 5) is 28.2. The predicted octanol–water partition coefficient (Wildman–Crippen LogP) is 0.975. The monoisotopic (exact) mass is 423 g/mol. The van der Waals surface area contributed by atoms with E-state index in [4.69, 9.17) is 15.9 Å². The Morgan fingerprint density at radius 2 is 1.87 bits per heavy atom. The Kier molecular flexibility index (Phi) is 8.32. The van der Waals surface area contributed by atoms with Crippen molar-refractivity contribution in [3.05, 3.63) is 0 Å². The molecule has 2 aliphatic heterocycles. The highest BCUT2D eigenvalue weighted by molar-refractivity contribution is 5.86. The van der Waals surface area contributed by atoms with Crippen molar-refractivity contribution in [3.63, 3.8) is 0 Å². The summed E-state index contributed by atoms with van der Waals surface area (Å²) >= 11 is 0. The Morgan fingerprint density at radius 3 is 2.50 bits per heavy atom. The van der Waals surface area contributed by atoms with Crippen LogP contribution in [-0.2, 0) is 14.3 Å². The molecule has 0 aromatic rings. The molecule has 5 N–H and O–H groups in total. The fourth-order valence-corrected chi connectivity index (χ4v) is 4.48. The van der Waals surface area contributed by atoms with Crippen molar-refractivity contribution in [2.45, 2.75) is 76.0 Å². The fraction of sp³-hybridized carbons (Fsp3) is 0.857. The van der Waals surface area contributed by atoms with E-state index in [0.29, 0.717) is 19.1 Å². The van der Waals surface area contributed by atoms with E-state index in [9.17, 15) is 14.7 Å². The molecule has 9 heteroatoms. The number of likely N-dealkylation sites (tertiary alicyclic amines) is 2. The Balaban J connectivity index is 1.47. The second-order valence-electron chi connectivity index (χ2n) is 8.91. The summed E-state index contributed by atoms with van der Waals surface area (Å²) in [5.41, 5.74) is 5.54. The van der Waals surface area contributed by atoms with Crippen LogP contribution < -0.4 is 11.1 Å². The molecule has 3 fully saturated rings. The SMILES string of the molecule is N=C(N)N1CCC(OCC[C@@H]2CCCCN2C(=O)[C@H](CC(=O)O)NCC2CC2)CC1. The molecule has 0 bridgehead atoms. The Morgan fingerprint density at radius 1 is 1.13 bits per heavy atom. The number of ether oxygens (including phenoxy) is 1. The summed E-state index contributed by atoms with van der Waals surface area (Å²) in [5.74, 6) is -0.298. The quantitative estimate of drug-likeness (QED) is 0.304. The maximum atomic E-state index is 13.2. The van der Waals surface area contributed by atoms with Gasteiger partial charge in [-0.15, -0.1) is 0 Å². The minimum absolute atomic E-state index is 0.0717. The van der Waals surface area contributed by atoms with Gasteiger partial charge < -0.3 is 30.7 Å². The molecule has 2 heterocycles. The third kappa shape index (κ3) is 6.84. The first-order chi connectivity index (χ1) is 14.4. The Hall–Kier alpha value is -1.87. The number of carboxylic acids is 1. The molecule has 1 aliphatic carbocycles. The predicted molar refractivity (Wildman–Crippen MR) is 113 cm³/mol. The lowest BCUT2D eigenvalue weighted by atomic mass is 9.98. The van der Waals surface area contributed by atoms with Gasteiger partial charge in [0.05, 0.1) is 18.6 Å². The maximum absolute atomic E-state index is 13.2. The number of aliphatic carboxylic acids is 1. The number of carbonyl (C=O) groups is 2. The zero-order valence-electron chi connectivity index (χ0n) is 17.9. The fourth-order valence-electron chi connectivity index (χ4n) is 4.48. The van der Waals surface area contributed by atoms with E-state index in [2.05, 4.69) is 5.32 Å². The van der Waals surface area contributed by atoms with Crippen molar-refractivity contribution in [3.8, 4) is 0 Å². The number of hydrogen-bond donors (Lipinski definition) is 4. The van der Waals surface area contributed by atoms with Crippen LogP contribution in [0.25, 0.3) is 0 Å². The van der Waals surface area contributed by atoms with Gasteiger partial charge in [-0.25, -0.2) is 0 Å². The van der Waals surface area contributed by atoms with Gasteiger partial charge in [-0.2, -0.15) is 0 Å². The highest BCUT2D eigenvalue weighted by Gasteiger charge is 2.34. The maximum Gasteiger partial charge on any atom is 0.305 e. The lowest BCUT2D eigenvalue weighted by Crippen LogP contribution is -2.53. The lowest BCUT2D eigenvalue weighted by Gasteiger charge is -2.38. The lowest BCUT2D eigenvalue weighted by molar-refractivity contribution is -0.144. The number of amides is 1. The van der Waals surface area contributed by atoms with Gasteiger partial charge in [0.1, 0.15) is 0 Å². The van der Waals surface area contributed by atoms with E-state index in [1.165, 1.54) is 0 Å². The normalized spacial score (nSPS) is 23.9. The smallest absolute Gasteiger partial charge is 0.305 e. The summed E-state index contributed by atoms with van der Waals surface area (Å²) < 4.78 is 6.07. The Bertz CT molecular complexity index is 604. The summed E-state index contributed by atoms with van der Waals surface area (Å²) in [5, 5.41) is 20.0. The van der Waals surface area contributed by atoms with Gasteiger partial charge in [-0.1, -0.05) is 0 Å². The number of carboxylic acid groups (broad SMARTS) is 1. The standard InChI is InChI=1S/C21H37N5O4/c22-21(23)25-10-6-17(7-11-25)30-12-8-16-3-1-2-9-26(16)20(29)18(13-19(27)28)24-14-15-4-5-15/h15-18,24H,1-14H2,(H3,22,23)(H,27,28)/t16-,18-/m0/s1. The largest absolute Gasteiger partial charge is 0.481 e. The van der Waals surface area contributed by atoms with Crippen LogP contribution in [0, 0.1) is 11.3 Å². The molecule has 0 unspecified atom stereocenters. The van der Waals surface area contributed by atoms with Crippen LogP contribution in [0.15, 0.2) is 0 Å². The van der Waals surface area contributed by atoms with Gasteiger partial charge in [0.15, 0.2) is 5.96 Å². The number of piperidine rings is 2. The van der Waals surface area contributed by atoms with Gasteiger partial charge in [0.25, 0.3) is 0 Å². The highest BCUT2D eigenvalue weighted by Crippen LogP contribution is 2.28. The summed E-state index contributed by atoms with van der Waals surface area (Å²) in [6.07, 6.45) is 7.83. The van der Waals surface area contributed by atoms with E-state index < -0.39 is 12.0 Å². The number of nitrogens with two attached hydrogens (primary N) is 1. The second-order valence-corrected chi connectivity index (χ2v) is 8.91. The van der Waals surface area contributed by atoms with Crippen LogP contribution in [-0.4, -0.2) is 83.7 Å². The van der Waals surface area contributed by atoms with E-state index in [0.717, 1.165) is 71.0 Å². The first kappa shape index (κ1) is 22.8. The van der Waals surface area contributed by atoms with E-state index in [1.54, 1.807) is 0 Å². The van der Waals surface area contributed by atoms with Crippen molar-refractivity contribution in [1.29, 1.82) is 5.41 Å². The van der Waals surface area contributed by atoms with Crippen molar-refractivity contribution in [2.75, 3.05) is 32.8 Å². The molecule has 1 saturated carbocycles. The van der Waals surface area contributed by atoms with Crippen LogP contribution in [0.4, 0.5) is 0 Å². The zero-order chi connectivity index (χ0) is 21.5. The molecule has 0 aromatic carbocycles.